The van der Waals surface area contributed by atoms with Crippen LogP contribution in [0.1, 0.15) is 10.4 Å². The maximum Gasteiger partial charge on any atom is 0.339 e. The van der Waals surface area contributed by atoms with Crippen molar-refractivity contribution in [1.82, 2.24) is 0 Å². The van der Waals surface area contributed by atoms with Crippen molar-refractivity contribution in [3.8, 4) is 0 Å². The quantitative estimate of drug-likeness (QED) is 0.428. The van der Waals surface area contributed by atoms with E-state index < -0.39 is 5.97 Å². The average Bonchev–Trinajstić information content (AvgIpc) is 2.65. The molecule has 130 valence electrons. The molecule has 0 saturated carbocycles. The van der Waals surface area contributed by atoms with E-state index in [-0.39, 0.29) is 12.5 Å². The van der Waals surface area contributed by atoms with Gasteiger partial charge >= 0.3 is 5.97 Å². The Morgan fingerprint density at radius 3 is 2.52 bits per heavy atom. The van der Waals surface area contributed by atoms with E-state index in [0.29, 0.717) is 11.3 Å². The molecular formula is C19H20N2O3S. The van der Waals surface area contributed by atoms with Gasteiger partial charge in [-0.25, -0.2) is 4.79 Å². The molecule has 0 saturated heterocycles. The molecule has 0 aromatic heterocycles. The number of methoxy groups -OCH3 is 1. The fourth-order valence-corrected chi connectivity index (χ4v) is 2.91. The van der Waals surface area contributed by atoms with Crippen molar-refractivity contribution in [2.45, 2.75) is 4.90 Å². The molecule has 1 amide bonds. The van der Waals surface area contributed by atoms with Gasteiger partial charge in [0.25, 0.3) is 0 Å². The molecule has 0 atom stereocenters. The molecule has 0 aliphatic heterocycles. The summed E-state index contributed by atoms with van der Waals surface area (Å²) in [6.07, 6.45) is 1.83. The van der Waals surface area contributed by atoms with Crippen LogP contribution in [-0.2, 0) is 9.53 Å². The first-order valence-corrected chi connectivity index (χ1v) is 8.68. The van der Waals surface area contributed by atoms with Crippen molar-refractivity contribution in [3.05, 3.63) is 66.7 Å². The normalized spacial score (nSPS) is 9.96. The predicted molar refractivity (Wildman–Crippen MR) is 102 cm³/mol. The van der Waals surface area contributed by atoms with Crippen LogP contribution in [0.25, 0.3) is 0 Å². The fraction of sp³-hybridized carbons (Fsp3) is 0.158. The SMILES string of the molecule is C=CCSc1ccccc1NCC(=O)Nc1ccccc1C(=O)OC. The van der Waals surface area contributed by atoms with Crippen LogP contribution in [0.15, 0.2) is 66.1 Å². The Morgan fingerprint density at radius 1 is 1.12 bits per heavy atom. The number of carbonyl (C=O) groups excluding carboxylic acids is 2. The van der Waals surface area contributed by atoms with Crippen molar-refractivity contribution in [1.29, 1.82) is 0 Å². The van der Waals surface area contributed by atoms with Crippen LogP contribution < -0.4 is 10.6 Å². The van der Waals surface area contributed by atoms with Gasteiger partial charge in [0.15, 0.2) is 0 Å². The first-order valence-electron chi connectivity index (χ1n) is 7.69. The molecule has 0 unspecified atom stereocenters. The Kier molecular flexibility index (Phi) is 7.10. The third-order valence-electron chi connectivity index (χ3n) is 3.29. The van der Waals surface area contributed by atoms with E-state index in [1.165, 1.54) is 7.11 Å². The molecule has 2 aromatic rings. The minimum atomic E-state index is -0.491. The molecule has 0 spiro atoms. The van der Waals surface area contributed by atoms with Crippen molar-refractivity contribution in [2.75, 3.05) is 30.0 Å². The zero-order valence-corrected chi connectivity index (χ0v) is 14.8. The average molecular weight is 356 g/mol. The van der Waals surface area contributed by atoms with Crippen molar-refractivity contribution >= 4 is 35.0 Å². The number of nitrogens with one attached hydrogen (secondary N) is 2. The number of carbonyl (C=O) groups is 2. The summed E-state index contributed by atoms with van der Waals surface area (Å²) in [4.78, 5) is 25.0. The lowest BCUT2D eigenvalue weighted by Crippen LogP contribution is -2.23. The number of hydrogen-bond donors (Lipinski definition) is 2. The van der Waals surface area contributed by atoms with E-state index in [2.05, 4.69) is 17.2 Å². The largest absolute Gasteiger partial charge is 0.465 e. The van der Waals surface area contributed by atoms with Crippen LogP contribution in [0.2, 0.25) is 0 Å². The van der Waals surface area contributed by atoms with E-state index >= 15 is 0 Å². The minimum absolute atomic E-state index is 0.0845. The number of benzene rings is 2. The summed E-state index contributed by atoms with van der Waals surface area (Å²) in [6, 6.07) is 14.5. The Morgan fingerprint density at radius 2 is 1.80 bits per heavy atom. The minimum Gasteiger partial charge on any atom is -0.465 e. The molecule has 2 rings (SSSR count). The monoisotopic (exact) mass is 356 g/mol. The second kappa shape index (κ2) is 9.54. The Balaban J connectivity index is 2.00. The summed E-state index contributed by atoms with van der Waals surface area (Å²) < 4.78 is 4.72. The molecule has 2 aromatic carbocycles. The van der Waals surface area contributed by atoms with Gasteiger partial charge in [0.05, 0.1) is 24.9 Å². The number of rotatable bonds is 8. The lowest BCUT2D eigenvalue weighted by Gasteiger charge is -2.12. The highest BCUT2D eigenvalue weighted by atomic mass is 32.2. The topological polar surface area (TPSA) is 67.4 Å². The Hall–Kier alpha value is -2.73. The van der Waals surface area contributed by atoms with Gasteiger partial charge in [-0.1, -0.05) is 30.3 Å². The van der Waals surface area contributed by atoms with Crippen LogP contribution in [0.5, 0.6) is 0 Å². The van der Waals surface area contributed by atoms with Crippen LogP contribution in [-0.4, -0.2) is 31.3 Å². The highest BCUT2D eigenvalue weighted by molar-refractivity contribution is 7.99. The summed E-state index contributed by atoms with van der Waals surface area (Å²) >= 11 is 1.64. The van der Waals surface area contributed by atoms with E-state index in [9.17, 15) is 9.59 Å². The van der Waals surface area contributed by atoms with Crippen molar-refractivity contribution in [2.24, 2.45) is 0 Å². The van der Waals surface area contributed by atoms with Gasteiger partial charge in [0, 0.05) is 16.3 Å². The number of hydrogen-bond acceptors (Lipinski definition) is 5. The molecule has 0 fully saturated rings. The van der Waals surface area contributed by atoms with Crippen molar-refractivity contribution in [3.63, 3.8) is 0 Å². The Bertz CT molecular complexity index is 762. The number of esters is 1. The zero-order valence-electron chi connectivity index (χ0n) is 14.0. The van der Waals surface area contributed by atoms with Crippen LogP contribution in [0.4, 0.5) is 11.4 Å². The molecule has 0 radical (unpaired) electrons. The van der Waals surface area contributed by atoms with Crippen molar-refractivity contribution < 1.29 is 14.3 Å². The lowest BCUT2D eigenvalue weighted by atomic mass is 10.2. The molecule has 2 N–H and O–H groups in total. The molecular weight excluding hydrogens is 336 g/mol. The van der Waals surface area contributed by atoms with Gasteiger partial charge in [-0.2, -0.15) is 0 Å². The van der Waals surface area contributed by atoms with Crippen LogP contribution in [0.3, 0.4) is 0 Å². The van der Waals surface area contributed by atoms with Gasteiger partial charge in [0.1, 0.15) is 0 Å². The van der Waals surface area contributed by atoms with Crippen LogP contribution >= 0.6 is 11.8 Å². The molecule has 25 heavy (non-hydrogen) atoms. The van der Waals surface area contributed by atoms with Gasteiger partial charge in [-0.05, 0) is 24.3 Å². The van der Waals surface area contributed by atoms with E-state index in [4.69, 9.17) is 4.74 Å². The highest BCUT2D eigenvalue weighted by Gasteiger charge is 2.13. The molecule has 5 nitrogen and oxygen atoms in total. The van der Waals surface area contributed by atoms with Gasteiger partial charge in [-0.3, -0.25) is 4.79 Å². The number of thioether (sulfide) groups is 1. The van der Waals surface area contributed by atoms with Crippen LogP contribution in [0, 0.1) is 0 Å². The summed E-state index contributed by atoms with van der Waals surface area (Å²) in [7, 11) is 1.31. The summed E-state index contributed by atoms with van der Waals surface area (Å²) in [5.41, 5.74) is 1.63. The second-order valence-corrected chi connectivity index (χ2v) is 6.10. The third kappa shape index (κ3) is 5.39. The lowest BCUT2D eigenvalue weighted by molar-refractivity contribution is -0.114. The first-order chi connectivity index (χ1) is 12.2. The van der Waals surface area contributed by atoms with E-state index in [0.717, 1.165) is 16.3 Å². The predicted octanol–water partition coefficient (Wildman–Crippen LogP) is 3.80. The zero-order chi connectivity index (χ0) is 18.1. The van der Waals surface area contributed by atoms with Gasteiger partial charge in [-0.15, -0.1) is 18.3 Å². The molecule has 0 heterocycles. The smallest absolute Gasteiger partial charge is 0.339 e. The first kappa shape index (κ1) is 18.6. The van der Waals surface area contributed by atoms with Gasteiger partial charge < -0.3 is 15.4 Å². The van der Waals surface area contributed by atoms with E-state index in [1.807, 2.05) is 30.3 Å². The third-order valence-corrected chi connectivity index (χ3v) is 4.36. The summed E-state index contributed by atoms with van der Waals surface area (Å²) in [6.45, 7) is 3.80. The second-order valence-electron chi connectivity index (χ2n) is 5.03. The fourth-order valence-electron chi connectivity index (χ4n) is 2.14. The standard InChI is InChI=1S/C19H20N2O3S/c1-3-12-25-17-11-7-6-10-16(17)20-13-18(22)21-15-9-5-4-8-14(15)19(23)24-2/h3-11,20H,1,12-13H2,2H3,(H,21,22). The number of anilines is 2. The molecule has 0 bridgehead atoms. The molecule has 0 aliphatic rings. The summed E-state index contributed by atoms with van der Waals surface area (Å²) in [5.74, 6) is 0.0483. The number of amides is 1. The maximum atomic E-state index is 12.2. The highest BCUT2D eigenvalue weighted by Crippen LogP contribution is 2.26. The molecule has 0 aliphatic carbocycles. The number of ether oxygens (including phenoxy) is 1. The van der Waals surface area contributed by atoms with E-state index in [1.54, 1.807) is 36.0 Å². The maximum absolute atomic E-state index is 12.2. The number of para-hydroxylation sites is 2. The molecule has 6 heteroatoms. The Labute approximate surface area is 151 Å². The van der Waals surface area contributed by atoms with Gasteiger partial charge in [0.2, 0.25) is 5.91 Å². The summed E-state index contributed by atoms with van der Waals surface area (Å²) in [5, 5.41) is 5.85.